The number of carbonyl (C=O) groups is 3. The highest BCUT2D eigenvalue weighted by molar-refractivity contribution is 5.96. The van der Waals surface area contributed by atoms with Crippen LogP contribution in [0.1, 0.15) is 102 Å². The number of hydrogen-bond acceptors (Lipinski definition) is 13. The van der Waals surface area contributed by atoms with Gasteiger partial charge in [-0.2, -0.15) is 0 Å². The normalized spacial score (nSPS) is 45.0. The number of cyclic esters (lactones) is 1. The molecule has 5 N–H and O–H groups in total. The molecule has 0 aromatic heterocycles. The van der Waals surface area contributed by atoms with E-state index in [9.17, 15) is 29.7 Å². The summed E-state index contributed by atoms with van der Waals surface area (Å²) in [5.41, 5.74) is 1.96. The van der Waals surface area contributed by atoms with E-state index in [0.717, 1.165) is 0 Å². The Labute approximate surface area is 309 Å². The molecular formula is C38H66N2O12. The van der Waals surface area contributed by atoms with E-state index in [2.05, 4.69) is 0 Å². The molecule has 1 amide bonds. The van der Waals surface area contributed by atoms with E-state index >= 15 is 0 Å². The number of hydrogen-bond donors (Lipinski definition) is 4. The molecule has 0 aromatic rings. The fourth-order valence-electron chi connectivity index (χ4n) is 8.43. The molecule has 0 saturated carbocycles. The quantitative estimate of drug-likeness (QED) is 0.277. The monoisotopic (exact) mass is 742 g/mol. The highest BCUT2D eigenvalue weighted by atomic mass is 16.7. The summed E-state index contributed by atoms with van der Waals surface area (Å²) in [4.78, 5) is 42.6. The minimum atomic E-state index is -1.70. The first-order valence-corrected chi connectivity index (χ1v) is 18.6. The Morgan fingerprint density at radius 2 is 1.63 bits per heavy atom. The van der Waals surface area contributed by atoms with Gasteiger partial charge < -0.3 is 54.4 Å². The fourth-order valence-corrected chi connectivity index (χ4v) is 8.43. The second-order valence-corrected chi connectivity index (χ2v) is 16.9. The summed E-state index contributed by atoms with van der Waals surface area (Å²) in [6, 6.07) is -0.343. The van der Waals surface area contributed by atoms with Crippen LogP contribution in [0.5, 0.6) is 0 Å². The molecule has 0 bridgehead atoms. The van der Waals surface area contributed by atoms with Crippen molar-refractivity contribution in [1.29, 1.82) is 0 Å². The Balaban J connectivity index is 2.27. The molecule has 14 heteroatoms. The summed E-state index contributed by atoms with van der Waals surface area (Å²) >= 11 is 0. The number of allylic oxidation sites excluding steroid dienone is 1. The SMILES string of the molecule is CC[C@H]1OC(=O)[C@H](C)[C@@H](O[C@H]2CC(C)(C)[C@@H](O)[C@H](C)O2)[C@H](C)[C@@H](OC2O[C@H](C)C[C@H](N(C)C)[C@H]2O)[C@](C)(OC(N)=O)C[C@@H](C)C(=O)/C(C)=C/[C@]1(C)O. The van der Waals surface area contributed by atoms with Gasteiger partial charge >= 0.3 is 12.1 Å². The standard InChI is InChI=1S/C38H66N2O12/c1-14-26-37(10,46)16-19(2)28(41)20(3)17-38(11,52-35(39)45)32(51-34-29(42)25(40(12)13)15-21(4)47-34)22(5)30(23(6)33(44)49-26)50-27-18-36(8,9)31(43)24(7)48-27/h16,20-27,29-32,34,42-43,46H,14-15,17-18H2,1-13H3,(H2,39,45)/b19-16+/t20-,21-,22+,23-,24+,25+,26-,27+,29-,30+,31+,32-,34?,37+,38-/m1/s1. The van der Waals surface area contributed by atoms with Crippen molar-refractivity contribution in [1.82, 2.24) is 4.90 Å². The van der Waals surface area contributed by atoms with Crippen LogP contribution in [0.25, 0.3) is 0 Å². The molecule has 15 atom stereocenters. The summed E-state index contributed by atoms with van der Waals surface area (Å²) in [5, 5.41) is 34.0. The number of nitrogens with two attached hydrogens (primary N) is 1. The third-order valence-corrected chi connectivity index (χ3v) is 11.3. The minimum absolute atomic E-state index is 0.0917. The maximum Gasteiger partial charge on any atom is 0.405 e. The van der Waals surface area contributed by atoms with Crippen LogP contribution >= 0.6 is 0 Å². The van der Waals surface area contributed by atoms with E-state index in [0.29, 0.717) is 6.42 Å². The average Bonchev–Trinajstić information content (AvgIpc) is 3.02. The van der Waals surface area contributed by atoms with Gasteiger partial charge in [0.05, 0.1) is 30.3 Å². The highest BCUT2D eigenvalue weighted by Gasteiger charge is 2.53. The first-order chi connectivity index (χ1) is 23.8. The summed E-state index contributed by atoms with van der Waals surface area (Å²) in [6.07, 6.45) is -6.98. The van der Waals surface area contributed by atoms with Crippen LogP contribution in [-0.4, -0.2) is 125 Å². The number of ether oxygens (including phenoxy) is 6. The number of aliphatic hydroxyl groups is 3. The van der Waals surface area contributed by atoms with Crippen LogP contribution in [0.3, 0.4) is 0 Å². The molecule has 52 heavy (non-hydrogen) atoms. The number of primary amides is 1. The van der Waals surface area contributed by atoms with Crippen molar-refractivity contribution in [2.75, 3.05) is 14.1 Å². The van der Waals surface area contributed by atoms with Crippen molar-refractivity contribution < 1.29 is 58.1 Å². The fraction of sp³-hybridized carbons (Fsp3) is 0.868. The summed E-state index contributed by atoms with van der Waals surface area (Å²) in [5.74, 6) is -3.69. The van der Waals surface area contributed by atoms with Gasteiger partial charge in [0, 0.05) is 24.3 Å². The van der Waals surface area contributed by atoms with Crippen molar-refractivity contribution in [2.45, 2.75) is 174 Å². The molecule has 0 aliphatic carbocycles. The summed E-state index contributed by atoms with van der Waals surface area (Å²) in [7, 11) is 3.69. The maximum atomic E-state index is 14.1. The largest absolute Gasteiger partial charge is 0.459 e. The van der Waals surface area contributed by atoms with Gasteiger partial charge in [0.15, 0.2) is 18.4 Å². The number of amides is 1. The Bertz CT molecular complexity index is 1290. The van der Waals surface area contributed by atoms with E-state index < -0.39 is 95.6 Å². The number of likely N-dealkylation sites (N-methyl/N-ethyl adjacent to an activating group) is 1. The topological polar surface area (TPSA) is 197 Å². The minimum Gasteiger partial charge on any atom is -0.459 e. The van der Waals surface area contributed by atoms with Gasteiger partial charge in [0.1, 0.15) is 29.5 Å². The van der Waals surface area contributed by atoms with Crippen LogP contribution in [0.4, 0.5) is 4.79 Å². The number of ketones is 1. The number of carbonyl (C=O) groups excluding carboxylic acids is 3. The zero-order chi connectivity index (χ0) is 39.7. The molecule has 2 saturated heterocycles. The molecule has 3 rings (SSSR count). The molecule has 0 radical (unpaired) electrons. The number of nitrogens with zero attached hydrogens (tertiary/aromatic N) is 1. The second-order valence-electron chi connectivity index (χ2n) is 16.9. The number of rotatable bonds is 7. The van der Waals surface area contributed by atoms with E-state index in [1.807, 2.05) is 39.8 Å². The Kier molecular flexibility index (Phi) is 14.5. The van der Waals surface area contributed by atoms with Crippen LogP contribution in [0.2, 0.25) is 0 Å². The lowest BCUT2D eigenvalue weighted by Gasteiger charge is -2.49. The van der Waals surface area contributed by atoms with Gasteiger partial charge in [0.2, 0.25) is 0 Å². The highest BCUT2D eigenvalue weighted by Crippen LogP contribution is 2.42. The summed E-state index contributed by atoms with van der Waals surface area (Å²) < 4.78 is 37.7. The predicted molar refractivity (Wildman–Crippen MR) is 192 cm³/mol. The predicted octanol–water partition coefficient (Wildman–Crippen LogP) is 3.46. The Morgan fingerprint density at radius 3 is 2.17 bits per heavy atom. The van der Waals surface area contributed by atoms with Gasteiger partial charge in [0.25, 0.3) is 0 Å². The zero-order valence-corrected chi connectivity index (χ0v) is 33.5. The third kappa shape index (κ3) is 10.1. The Morgan fingerprint density at radius 1 is 1.02 bits per heavy atom. The molecule has 300 valence electrons. The van der Waals surface area contributed by atoms with E-state index in [1.54, 1.807) is 48.5 Å². The van der Waals surface area contributed by atoms with Crippen LogP contribution in [0, 0.1) is 23.2 Å². The smallest absolute Gasteiger partial charge is 0.405 e. The van der Waals surface area contributed by atoms with Crippen molar-refractivity contribution in [3.63, 3.8) is 0 Å². The van der Waals surface area contributed by atoms with Crippen LogP contribution in [0.15, 0.2) is 11.6 Å². The molecule has 1 unspecified atom stereocenters. The van der Waals surface area contributed by atoms with Gasteiger partial charge in [-0.15, -0.1) is 0 Å². The summed E-state index contributed by atoms with van der Waals surface area (Å²) in [6.45, 7) is 18.9. The lowest BCUT2D eigenvalue weighted by molar-refractivity contribution is -0.311. The number of Topliss-reactive ketones (excluding diaryl/α,β-unsaturated/α-hetero) is 1. The van der Waals surface area contributed by atoms with Crippen LogP contribution in [-0.2, 0) is 38.0 Å². The van der Waals surface area contributed by atoms with E-state index in [-0.39, 0.29) is 42.8 Å². The first-order valence-electron chi connectivity index (χ1n) is 18.6. The second kappa shape index (κ2) is 17.1. The number of aliphatic hydroxyl groups excluding tert-OH is 2. The lowest BCUT2D eigenvalue weighted by atomic mass is 9.75. The molecule has 3 heterocycles. The van der Waals surface area contributed by atoms with Crippen molar-refractivity contribution >= 4 is 17.8 Å². The molecule has 3 aliphatic rings. The maximum absolute atomic E-state index is 14.1. The Hall–Kier alpha value is -2.17. The zero-order valence-electron chi connectivity index (χ0n) is 33.5. The van der Waals surface area contributed by atoms with Gasteiger partial charge in [-0.1, -0.05) is 34.6 Å². The van der Waals surface area contributed by atoms with Crippen LogP contribution < -0.4 is 5.73 Å². The molecule has 2 fully saturated rings. The molecule has 14 nitrogen and oxygen atoms in total. The molecule has 0 spiro atoms. The van der Waals surface area contributed by atoms with Crippen molar-refractivity contribution in [2.24, 2.45) is 28.9 Å². The van der Waals surface area contributed by atoms with Crippen molar-refractivity contribution in [3.8, 4) is 0 Å². The molecule has 0 aromatic carbocycles. The van der Waals surface area contributed by atoms with Crippen molar-refractivity contribution in [3.05, 3.63) is 11.6 Å². The molecular weight excluding hydrogens is 676 g/mol. The van der Waals surface area contributed by atoms with Gasteiger partial charge in [-0.3, -0.25) is 9.59 Å². The van der Waals surface area contributed by atoms with E-state index in [1.165, 1.54) is 13.0 Å². The molecule has 3 aliphatic heterocycles. The average molecular weight is 743 g/mol. The van der Waals surface area contributed by atoms with Gasteiger partial charge in [-0.25, -0.2) is 4.79 Å². The number of esters is 1. The first kappa shape index (κ1) is 44.2. The lowest BCUT2D eigenvalue weighted by Crippen LogP contribution is -2.61. The van der Waals surface area contributed by atoms with E-state index in [4.69, 9.17) is 34.2 Å². The third-order valence-electron chi connectivity index (χ3n) is 11.3. The van der Waals surface area contributed by atoms with Gasteiger partial charge in [-0.05, 0) is 92.0 Å².